The molecule has 1 aromatic carbocycles. The van der Waals surface area contributed by atoms with Crippen LogP contribution in [0.3, 0.4) is 0 Å². The lowest BCUT2D eigenvalue weighted by Crippen LogP contribution is -2.46. The lowest BCUT2D eigenvalue weighted by atomic mass is 10.1. The Morgan fingerprint density at radius 2 is 1.83 bits per heavy atom. The number of nitrogens with zero attached hydrogens (tertiary/aromatic N) is 4. The van der Waals surface area contributed by atoms with Gasteiger partial charge >= 0.3 is 0 Å². The van der Waals surface area contributed by atoms with E-state index in [9.17, 15) is 0 Å². The van der Waals surface area contributed by atoms with Crippen molar-refractivity contribution in [2.75, 3.05) is 42.9 Å². The van der Waals surface area contributed by atoms with Gasteiger partial charge in [-0.25, -0.2) is 9.97 Å². The zero-order chi connectivity index (χ0) is 16.1. The Hall–Kier alpha value is -2.14. The molecule has 122 valence electrons. The second-order valence-electron chi connectivity index (χ2n) is 5.82. The molecular weight excluding hydrogens is 286 g/mol. The molecule has 5 nitrogen and oxygen atoms in total. The molecule has 0 unspecified atom stereocenters. The van der Waals surface area contributed by atoms with Gasteiger partial charge in [-0.2, -0.15) is 0 Å². The van der Waals surface area contributed by atoms with Gasteiger partial charge in [0, 0.05) is 37.9 Å². The molecule has 1 saturated heterocycles. The summed E-state index contributed by atoms with van der Waals surface area (Å²) >= 11 is 0. The largest absolute Gasteiger partial charge is 0.354 e. The number of benzene rings is 1. The van der Waals surface area contributed by atoms with E-state index < -0.39 is 0 Å². The first kappa shape index (κ1) is 15.7. The van der Waals surface area contributed by atoms with E-state index in [1.54, 1.807) is 6.33 Å². The smallest absolute Gasteiger partial charge is 0.135 e. The molecule has 1 aliphatic rings. The highest BCUT2D eigenvalue weighted by Gasteiger charge is 2.17. The quantitative estimate of drug-likeness (QED) is 0.920. The molecule has 1 N–H and O–H groups in total. The summed E-state index contributed by atoms with van der Waals surface area (Å²) in [6.45, 7) is 9.75. The van der Waals surface area contributed by atoms with Gasteiger partial charge in [0.15, 0.2) is 0 Å². The van der Waals surface area contributed by atoms with Crippen molar-refractivity contribution in [3.05, 3.63) is 42.2 Å². The second kappa shape index (κ2) is 7.42. The Bertz CT molecular complexity index is 635. The van der Waals surface area contributed by atoms with Crippen LogP contribution in [0.25, 0.3) is 0 Å². The van der Waals surface area contributed by atoms with Crippen LogP contribution in [-0.2, 0) is 6.42 Å². The maximum atomic E-state index is 4.45. The highest BCUT2D eigenvalue weighted by Crippen LogP contribution is 2.22. The number of likely N-dealkylation sites (N-methyl/N-ethyl adjacent to an activating group) is 1. The topological polar surface area (TPSA) is 44.3 Å². The first-order chi connectivity index (χ1) is 11.3. The lowest BCUT2D eigenvalue weighted by Gasteiger charge is -2.34. The van der Waals surface area contributed by atoms with Gasteiger partial charge in [0.2, 0.25) is 0 Å². The van der Waals surface area contributed by atoms with Crippen molar-refractivity contribution in [3.63, 3.8) is 0 Å². The zero-order valence-electron chi connectivity index (χ0n) is 14.0. The van der Waals surface area contributed by atoms with Gasteiger partial charge in [-0.3, -0.25) is 0 Å². The van der Waals surface area contributed by atoms with Crippen molar-refractivity contribution in [2.24, 2.45) is 0 Å². The molecule has 1 fully saturated rings. The monoisotopic (exact) mass is 311 g/mol. The summed E-state index contributed by atoms with van der Waals surface area (Å²) in [5.41, 5.74) is 2.42. The SMILES string of the molecule is CCc1ccccc1Nc1cc(N2CCN(CC)CC2)ncn1. The average Bonchev–Trinajstić information content (AvgIpc) is 2.62. The number of nitrogens with one attached hydrogen (secondary N) is 1. The predicted molar refractivity (Wildman–Crippen MR) is 95.5 cm³/mol. The van der Waals surface area contributed by atoms with E-state index >= 15 is 0 Å². The van der Waals surface area contributed by atoms with Crippen LogP contribution in [-0.4, -0.2) is 47.6 Å². The minimum absolute atomic E-state index is 0.855. The number of anilines is 3. The molecule has 3 rings (SSSR count). The molecule has 0 amide bonds. The Kier molecular flexibility index (Phi) is 5.08. The van der Waals surface area contributed by atoms with E-state index in [1.807, 2.05) is 12.1 Å². The molecule has 0 spiro atoms. The number of aryl methyl sites for hydroxylation is 1. The number of piperazine rings is 1. The molecule has 1 aromatic heterocycles. The van der Waals surface area contributed by atoms with Crippen LogP contribution < -0.4 is 10.2 Å². The van der Waals surface area contributed by atoms with E-state index in [-0.39, 0.29) is 0 Å². The highest BCUT2D eigenvalue weighted by atomic mass is 15.3. The summed E-state index contributed by atoms with van der Waals surface area (Å²) in [5.74, 6) is 1.86. The van der Waals surface area contributed by atoms with E-state index in [2.05, 4.69) is 57.1 Å². The molecule has 23 heavy (non-hydrogen) atoms. The Morgan fingerprint density at radius 3 is 2.57 bits per heavy atom. The first-order valence-corrected chi connectivity index (χ1v) is 8.44. The van der Waals surface area contributed by atoms with Crippen molar-refractivity contribution in [3.8, 4) is 0 Å². The van der Waals surface area contributed by atoms with Crippen LogP contribution in [0.15, 0.2) is 36.7 Å². The van der Waals surface area contributed by atoms with Crippen LogP contribution in [0.5, 0.6) is 0 Å². The van der Waals surface area contributed by atoms with Gasteiger partial charge in [0.1, 0.15) is 18.0 Å². The third-order valence-corrected chi connectivity index (χ3v) is 4.46. The van der Waals surface area contributed by atoms with Crippen LogP contribution in [0, 0.1) is 0 Å². The van der Waals surface area contributed by atoms with Crippen molar-refractivity contribution in [1.82, 2.24) is 14.9 Å². The summed E-state index contributed by atoms with van der Waals surface area (Å²) in [5, 5.41) is 3.43. The molecule has 5 heteroatoms. The maximum Gasteiger partial charge on any atom is 0.135 e. The van der Waals surface area contributed by atoms with E-state index in [4.69, 9.17) is 0 Å². The Balaban J connectivity index is 1.73. The fourth-order valence-corrected chi connectivity index (χ4v) is 2.97. The maximum absolute atomic E-state index is 4.45. The molecule has 0 atom stereocenters. The van der Waals surface area contributed by atoms with Crippen molar-refractivity contribution in [2.45, 2.75) is 20.3 Å². The molecule has 0 bridgehead atoms. The Labute approximate surface area is 138 Å². The number of aromatic nitrogens is 2. The number of para-hydroxylation sites is 1. The predicted octanol–water partition coefficient (Wildman–Crippen LogP) is 2.92. The second-order valence-corrected chi connectivity index (χ2v) is 5.82. The van der Waals surface area contributed by atoms with Crippen molar-refractivity contribution >= 4 is 17.3 Å². The van der Waals surface area contributed by atoms with E-state index in [1.165, 1.54) is 5.56 Å². The average molecular weight is 311 g/mol. The number of hydrogen-bond acceptors (Lipinski definition) is 5. The van der Waals surface area contributed by atoms with Gasteiger partial charge < -0.3 is 15.1 Å². The summed E-state index contributed by atoms with van der Waals surface area (Å²) < 4.78 is 0. The molecule has 2 heterocycles. The number of rotatable bonds is 5. The van der Waals surface area contributed by atoms with Gasteiger partial charge in [0.05, 0.1) is 0 Å². The third kappa shape index (κ3) is 3.79. The van der Waals surface area contributed by atoms with Crippen molar-refractivity contribution < 1.29 is 0 Å². The molecule has 0 radical (unpaired) electrons. The van der Waals surface area contributed by atoms with Gasteiger partial charge in [-0.05, 0) is 24.6 Å². The van der Waals surface area contributed by atoms with Crippen LogP contribution in [0.2, 0.25) is 0 Å². The molecular formula is C18H25N5. The van der Waals surface area contributed by atoms with Crippen LogP contribution in [0.4, 0.5) is 17.3 Å². The standard InChI is InChI=1S/C18H25N5/c1-3-15-7-5-6-8-16(15)21-17-13-18(20-14-19-17)23-11-9-22(4-2)10-12-23/h5-8,13-14H,3-4,9-12H2,1-2H3,(H,19,20,21). The number of hydrogen-bond donors (Lipinski definition) is 1. The normalized spacial score (nSPS) is 15.7. The third-order valence-electron chi connectivity index (χ3n) is 4.46. The highest BCUT2D eigenvalue weighted by molar-refractivity contribution is 5.62. The lowest BCUT2D eigenvalue weighted by molar-refractivity contribution is 0.270. The van der Waals surface area contributed by atoms with Crippen LogP contribution in [0.1, 0.15) is 19.4 Å². The summed E-state index contributed by atoms with van der Waals surface area (Å²) in [4.78, 5) is 13.6. The molecule has 1 aliphatic heterocycles. The Morgan fingerprint density at radius 1 is 1.04 bits per heavy atom. The fraction of sp³-hybridized carbons (Fsp3) is 0.444. The molecule has 2 aromatic rings. The summed E-state index contributed by atoms with van der Waals surface area (Å²) in [6.07, 6.45) is 2.65. The zero-order valence-corrected chi connectivity index (χ0v) is 14.0. The minimum atomic E-state index is 0.855. The molecule has 0 aliphatic carbocycles. The van der Waals surface area contributed by atoms with Gasteiger partial charge in [-0.1, -0.05) is 32.0 Å². The van der Waals surface area contributed by atoms with Crippen molar-refractivity contribution in [1.29, 1.82) is 0 Å². The van der Waals surface area contributed by atoms with Gasteiger partial charge in [0.25, 0.3) is 0 Å². The summed E-state index contributed by atoms with van der Waals surface area (Å²) in [7, 11) is 0. The van der Waals surface area contributed by atoms with E-state index in [0.29, 0.717) is 0 Å². The summed E-state index contributed by atoms with van der Waals surface area (Å²) in [6, 6.07) is 10.4. The van der Waals surface area contributed by atoms with E-state index in [0.717, 1.165) is 56.5 Å². The fourth-order valence-electron chi connectivity index (χ4n) is 2.97. The van der Waals surface area contributed by atoms with Gasteiger partial charge in [-0.15, -0.1) is 0 Å². The minimum Gasteiger partial charge on any atom is -0.354 e. The van der Waals surface area contributed by atoms with Crippen LogP contribution >= 0.6 is 0 Å². The molecule has 0 saturated carbocycles. The first-order valence-electron chi connectivity index (χ1n) is 8.44.